The summed E-state index contributed by atoms with van der Waals surface area (Å²) < 4.78 is 11.4. The summed E-state index contributed by atoms with van der Waals surface area (Å²) >= 11 is 0. The summed E-state index contributed by atoms with van der Waals surface area (Å²) in [7, 11) is 0. The van der Waals surface area contributed by atoms with Crippen LogP contribution >= 0.6 is 0 Å². The third-order valence-electron chi connectivity index (χ3n) is 6.86. The molecular formula is C29H39NO8. The van der Waals surface area contributed by atoms with Crippen LogP contribution in [0.2, 0.25) is 0 Å². The number of Topliss-reactive ketones (excluding diaryl/α,β-unsaturated/α-hetero) is 2. The Morgan fingerprint density at radius 1 is 1.16 bits per heavy atom. The Hall–Kier alpha value is -3.33. The second kappa shape index (κ2) is 13.5. The minimum Gasteiger partial charge on any atom is -0.461 e. The molecule has 0 radical (unpaired) electrons. The Labute approximate surface area is 224 Å². The van der Waals surface area contributed by atoms with Gasteiger partial charge in [0.2, 0.25) is 5.78 Å². The normalized spacial score (nSPS) is 35.0. The lowest BCUT2D eigenvalue weighted by Gasteiger charge is -2.42. The molecule has 0 saturated carbocycles. The number of allylic oxidation sites excluding steroid dienone is 4. The number of fused-ring (bicyclic) bond motifs is 10. The molecular weight excluding hydrogens is 490 g/mol. The molecule has 1 fully saturated rings. The van der Waals surface area contributed by atoms with E-state index in [9.17, 15) is 29.1 Å². The van der Waals surface area contributed by atoms with E-state index in [4.69, 9.17) is 9.47 Å². The first kappa shape index (κ1) is 30.9. The zero-order chi connectivity index (χ0) is 28.6. The van der Waals surface area contributed by atoms with E-state index >= 15 is 0 Å². The van der Waals surface area contributed by atoms with Gasteiger partial charge in [0.25, 0.3) is 5.91 Å². The number of hydrogen-bond donors (Lipinski definition) is 2. The van der Waals surface area contributed by atoms with Crippen LogP contribution < -0.4 is 5.32 Å². The predicted molar refractivity (Wildman–Crippen MR) is 141 cm³/mol. The molecule has 0 aromatic carbocycles. The molecule has 3 aliphatic rings. The molecule has 1 saturated heterocycles. The Morgan fingerprint density at radius 2 is 1.82 bits per heavy atom. The third kappa shape index (κ3) is 7.84. The Balaban J connectivity index is 2.58. The number of ketones is 2. The molecule has 1 aliphatic carbocycles. The highest BCUT2D eigenvalue weighted by atomic mass is 16.6. The van der Waals surface area contributed by atoms with Crippen molar-refractivity contribution >= 4 is 29.4 Å². The summed E-state index contributed by atoms with van der Waals surface area (Å²) in [5, 5.41) is 12.9. The summed E-state index contributed by atoms with van der Waals surface area (Å²) in [6, 6.07) is -1.18. The molecule has 2 N–H and O–H groups in total. The second-order valence-electron chi connectivity index (χ2n) is 10.2. The van der Waals surface area contributed by atoms with Crippen molar-refractivity contribution in [2.24, 2.45) is 11.3 Å². The highest BCUT2D eigenvalue weighted by molar-refractivity contribution is 6.35. The standard InChI is InChI=1S/C29H39NO8/c1-7-8-25(33)37-22-14-11-17(2)9-12-21(32)13-10-18(3)15-24(30-27(35)20(5)31)29(6)26(34)19(4)23(16-22)38-28(29)36/h9-11,13-15,19,21-24,32H,7-8,12,16H2,1-6H3,(H,30,35)/b13-10+,14-11-,17-9-,18-15-/t19-,21+,22-,23-,24-,29+/m1/s1. The van der Waals surface area contributed by atoms with Crippen molar-refractivity contribution in [3.05, 3.63) is 47.6 Å². The van der Waals surface area contributed by atoms with Crippen LogP contribution in [0.4, 0.5) is 0 Å². The molecule has 0 unspecified atom stereocenters. The largest absolute Gasteiger partial charge is 0.461 e. The summed E-state index contributed by atoms with van der Waals surface area (Å²) in [5.41, 5.74) is -0.428. The van der Waals surface area contributed by atoms with Crippen molar-refractivity contribution in [2.45, 2.75) is 91.6 Å². The summed E-state index contributed by atoms with van der Waals surface area (Å²) in [6.07, 6.45) is 8.72. The SMILES string of the molecule is CCCC(=O)O[C@@H]1/C=C\C(C)=C/C[C@H](O)/C=C/C(C)=C\[C@@H](NC(=O)C(C)=O)[C@]2(C)C(=O)O[C@H](C1)[C@@H](C)C2=O. The maximum absolute atomic E-state index is 13.7. The first-order chi connectivity index (χ1) is 17.8. The van der Waals surface area contributed by atoms with E-state index in [1.165, 1.54) is 13.0 Å². The van der Waals surface area contributed by atoms with Gasteiger partial charge in [0.1, 0.15) is 17.6 Å². The van der Waals surface area contributed by atoms with Gasteiger partial charge < -0.3 is 19.9 Å². The topological polar surface area (TPSA) is 136 Å². The summed E-state index contributed by atoms with van der Waals surface area (Å²) in [5.74, 6) is -4.23. The highest BCUT2D eigenvalue weighted by Crippen LogP contribution is 2.38. The van der Waals surface area contributed by atoms with Crippen molar-refractivity contribution < 1.29 is 38.6 Å². The van der Waals surface area contributed by atoms with Gasteiger partial charge in [-0.15, -0.1) is 0 Å². The van der Waals surface area contributed by atoms with Gasteiger partial charge in [0.05, 0.1) is 18.1 Å². The molecule has 9 heteroatoms. The van der Waals surface area contributed by atoms with Crippen molar-refractivity contribution in [1.82, 2.24) is 5.32 Å². The van der Waals surface area contributed by atoms with Crippen LogP contribution in [-0.2, 0) is 33.4 Å². The smallest absolute Gasteiger partial charge is 0.322 e. The lowest BCUT2D eigenvalue weighted by atomic mass is 9.69. The molecule has 38 heavy (non-hydrogen) atoms. The number of esters is 2. The maximum Gasteiger partial charge on any atom is 0.322 e. The van der Waals surface area contributed by atoms with Crippen LogP contribution in [0.15, 0.2) is 47.6 Å². The molecule has 6 atom stereocenters. The van der Waals surface area contributed by atoms with Crippen molar-refractivity contribution in [3.63, 3.8) is 0 Å². The predicted octanol–water partition coefficient (Wildman–Crippen LogP) is 3.07. The molecule has 2 heterocycles. The highest BCUT2D eigenvalue weighted by Gasteiger charge is 2.56. The number of aliphatic hydroxyl groups is 1. The lowest BCUT2D eigenvalue weighted by molar-refractivity contribution is -0.182. The maximum atomic E-state index is 13.7. The zero-order valence-electron chi connectivity index (χ0n) is 23.0. The van der Waals surface area contributed by atoms with Gasteiger partial charge >= 0.3 is 11.9 Å². The van der Waals surface area contributed by atoms with E-state index < -0.39 is 65.1 Å². The Kier molecular flexibility index (Phi) is 10.9. The Bertz CT molecular complexity index is 1070. The monoisotopic (exact) mass is 529 g/mol. The number of nitrogens with one attached hydrogen (secondary N) is 1. The second-order valence-corrected chi connectivity index (χ2v) is 10.2. The van der Waals surface area contributed by atoms with E-state index in [1.807, 2.05) is 19.9 Å². The minimum absolute atomic E-state index is 0.0669. The first-order valence-electron chi connectivity index (χ1n) is 13.0. The molecule has 3 rings (SSSR count). The number of carbonyl (C=O) groups excluding carboxylic acids is 5. The number of ether oxygens (including phenoxy) is 2. The number of amides is 1. The summed E-state index contributed by atoms with van der Waals surface area (Å²) in [4.78, 5) is 63.4. The van der Waals surface area contributed by atoms with Crippen LogP contribution in [0.5, 0.6) is 0 Å². The van der Waals surface area contributed by atoms with E-state index in [-0.39, 0.29) is 12.8 Å². The lowest BCUT2D eigenvalue weighted by Crippen LogP contribution is -2.61. The summed E-state index contributed by atoms with van der Waals surface area (Å²) in [6.45, 7) is 9.49. The molecule has 0 aromatic rings. The fraction of sp³-hybridized carbons (Fsp3) is 0.552. The zero-order valence-corrected chi connectivity index (χ0v) is 23.0. The fourth-order valence-corrected chi connectivity index (χ4v) is 4.35. The molecule has 1 amide bonds. The van der Waals surface area contributed by atoms with E-state index in [0.29, 0.717) is 18.4 Å². The Morgan fingerprint density at radius 3 is 2.45 bits per heavy atom. The van der Waals surface area contributed by atoms with Gasteiger partial charge in [-0.05, 0) is 39.7 Å². The molecule has 2 bridgehead atoms. The molecule has 0 spiro atoms. The van der Waals surface area contributed by atoms with E-state index in [0.717, 1.165) is 12.5 Å². The van der Waals surface area contributed by atoms with Gasteiger partial charge in [-0.3, -0.25) is 24.0 Å². The molecule has 0 aromatic heterocycles. The van der Waals surface area contributed by atoms with Crippen molar-refractivity contribution in [2.75, 3.05) is 0 Å². The van der Waals surface area contributed by atoms with Gasteiger partial charge in [0.15, 0.2) is 5.78 Å². The molecule has 2 aliphatic heterocycles. The average molecular weight is 530 g/mol. The first-order valence-corrected chi connectivity index (χ1v) is 13.0. The van der Waals surface area contributed by atoms with Crippen LogP contribution in [0.25, 0.3) is 0 Å². The van der Waals surface area contributed by atoms with E-state index in [1.54, 1.807) is 38.2 Å². The van der Waals surface area contributed by atoms with Gasteiger partial charge in [-0.2, -0.15) is 0 Å². The van der Waals surface area contributed by atoms with Crippen molar-refractivity contribution in [3.8, 4) is 0 Å². The van der Waals surface area contributed by atoms with Crippen LogP contribution in [0.1, 0.15) is 67.2 Å². The van der Waals surface area contributed by atoms with Crippen molar-refractivity contribution in [1.29, 1.82) is 0 Å². The van der Waals surface area contributed by atoms with Gasteiger partial charge in [-0.1, -0.05) is 55.4 Å². The van der Waals surface area contributed by atoms with Crippen LogP contribution in [-0.4, -0.2) is 58.9 Å². The molecule has 208 valence electrons. The number of rotatable bonds is 5. The van der Waals surface area contributed by atoms with Crippen LogP contribution in [0.3, 0.4) is 0 Å². The third-order valence-corrected chi connectivity index (χ3v) is 6.86. The number of aliphatic hydroxyl groups excluding tert-OH is 1. The number of carbonyl (C=O) groups is 5. The van der Waals surface area contributed by atoms with Gasteiger partial charge in [-0.25, -0.2) is 0 Å². The van der Waals surface area contributed by atoms with E-state index in [2.05, 4.69) is 5.32 Å². The van der Waals surface area contributed by atoms with Gasteiger partial charge in [0, 0.05) is 19.8 Å². The minimum atomic E-state index is -1.81. The number of hydrogen-bond acceptors (Lipinski definition) is 8. The quantitative estimate of drug-likeness (QED) is 0.315. The average Bonchev–Trinajstić information content (AvgIpc) is 2.85. The molecule has 9 nitrogen and oxygen atoms in total. The van der Waals surface area contributed by atoms with Crippen LogP contribution in [0, 0.1) is 11.3 Å². The fourth-order valence-electron chi connectivity index (χ4n) is 4.35.